The highest BCUT2D eigenvalue weighted by atomic mass is 35.5. The van der Waals surface area contributed by atoms with E-state index in [-0.39, 0.29) is 17.8 Å². The van der Waals surface area contributed by atoms with Gasteiger partial charge in [0.05, 0.1) is 11.0 Å². The molecule has 23 heavy (non-hydrogen) atoms. The maximum atomic E-state index is 4.98. The molecule has 1 heterocycles. The highest BCUT2D eigenvalue weighted by Crippen LogP contribution is 2.32. The summed E-state index contributed by atoms with van der Waals surface area (Å²) in [7, 11) is 1.96. The second-order valence-corrected chi connectivity index (χ2v) is 7.75. The van der Waals surface area contributed by atoms with Crippen molar-refractivity contribution in [2.45, 2.75) is 64.8 Å². The summed E-state index contributed by atoms with van der Waals surface area (Å²) >= 11 is 0. The van der Waals surface area contributed by atoms with Gasteiger partial charge in [-0.15, -0.1) is 12.4 Å². The molecule has 0 spiro atoms. The Bertz CT molecular complexity index is 648. The monoisotopic (exact) mass is 335 g/mol. The van der Waals surface area contributed by atoms with Gasteiger partial charge < -0.3 is 9.88 Å². The van der Waals surface area contributed by atoms with Gasteiger partial charge in [0.1, 0.15) is 5.82 Å². The van der Waals surface area contributed by atoms with Gasteiger partial charge in [-0.2, -0.15) is 0 Å². The van der Waals surface area contributed by atoms with Crippen molar-refractivity contribution in [3.05, 3.63) is 24.0 Å². The molecule has 4 heteroatoms. The molecule has 1 N–H and O–H groups in total. The Morgan fingerprint density at radius 3 is 2.48 bits per heavy atom. The normalized spacial score (nSPS) is 16.3. The molecular weight excluding hydrogens is 306 g/mol. The van der Waals surface area contributed by atoms with Crippen LogP contribution in [0.2, 0.25) is 0 Å². The lowest BCUT2D eigenvalue weighted by Crippen LogP contribution is -2.22. The number of halogens is 1. The second-order valence-electron chi connectivity index (χ2n) is 7.75. The maximum absolute atomic E-state index is 4.98. The molecule has 3 rings (SSSR count). The van der Waals surface area contributed by atoms with E-state index in [0.717, 1.165) is 23.7 Å². The molecule has 0 saturated heterocycles. The smallest absolute Gasteiger partial charge is 0.115 e. The van der Waals surface area contributed by atoms with Crippen LogP contribution in [0.4, 0.5) is 5.69 Å². The van der Waals surface area contributed by atoms with Crippen molar-refractivity contribution in [1.29, 1.82) is 0 Å². The number of hydrogen-bond acceptors (Lipinski definition) is 2. The Morgan fingerprint density at radius 2 is 1.87 bits per heavy atom. The first kappa shape index (κ1) is 18.1. The van der Waals surface area contributed by atoms with E-state index in [1.807, 2.05) is 7.05 Å². The number of fused-ring (bicyclic) bond motifs is 1. The molecule has 0 amide bonds. The fourth-order valence-electron chi connectivity index (χ4n) is 3.67. The summed E-state index contributed by atoms with van der Waals surface area (Å²) in [6.45, 7) is 7.93. The van der Waals surface area contributed by atoms with Crippen LogP contribution in [-0.2, 0) is 12.0 Å². The van der Waals surface area contributed by atoms with E-state index < -0.39 is 0 Å². The van der Waals surface area contributed by atoms with Gasteiger partial charge in [-0.3, -0.25) is 0 Å². The summed E-state index contributed by atoms with van der Waals surface area (Å²) in [5.41, 5.74) is 3.62. The van der Waals surface area contributed by atoms with Crippen molar-refractivity contribution in [1.82, 2.24) is 9.55 Å². The second kappa shape index (κ2) is 7.12. The Hall–Kier alpha value is -1.22. The lowest BCUT2D eigenvalue weighted by molar-refractivity contribution is 0.313. The van der Waals surface area contributed by atoms with Gasteiger partial charge in [0, 0.05) is 24.7 Å². The van der Waals surface area contributed by atoms with Gasteiger partial charge in [-0.1, -0.05) is 40.0 Å². The number of nitrogens with one attached hydrogen (secondary N) is 1. The number of benzene rings is 1. The summed E-state index contributed by atoms with van der Waals surface area (Å²) in [6, 6.07) is 6.56. The topological polar surface area (TPSA) is 29.9 Å². The first-order valence-corrected chi connectivity index (χ1v) is 8.67. The zero-order chi connectivity index (χ0) is 15.7. The molecule has 1 fully saturated rings. The first-order chi connectivity index (χ1) is 10.5. The summed E-state index contributed by atoms with van der Waals surface area (Å²) < 4.78 is 2.49. The largest absolute Gasteiger partial charge is 0.388 e. The van der Waals surface area contributed by atoms with E-state index in [9.17, 15) is 0 Å². The van der Waals surface area contributed by atoms with Crippen LogP contribution in [0.5, 0.6) is 0 Å². The van der Waals surface area contributed by atoms with Gasteiger partial charge in [-0.25, -0.2) is 4.98 Å². The lowest BCUT2D eigenvalue weighted by atomic mass is 9.88. The average Bonchev–Trinajstić information content (AvgIpc) is 2.86. The van der Waals surface area contributed by atoms with Crippen molar-refractivity contribution in [2.24, 2.45) is 5.92 Å². The van der Waals surface area contributed by atoms with Crippen molar-refractivity contribution < 1.29 is 0 Å². The number of rotatable bonds is 3. The molecule has 0 bridgehead atoms. The predicted molar refractivity (Wildman–Crippen MR) is 102 cm³/mol. The van der Waals surface area contributed by atoms with Crippen LogP contribution >= 0.6 is 12.4 Å². The van der Waals surface area contributed by atoms with Crippen LogP contribution in [-0.4, -0.2) is 16.6 Å². The van der Waals surface area contributed by atoms with Crippen LogP contribution in [0.3, 0.4) is 0 Å². The molecule has 2 aromatic rings. The first-order valence-electron chi connectivity index (χ1n) is 8.67. The van der Waals surface area contributed by atoms with Crippen LogP contribution in [0.1, 0.15) is 58.7 Å². The van der Waals surface area contributed by atoms with E-state index >= 15 is 0 Å². The Labute approximate surface area is 146 Å². The van der Waals surface area contributed by atoms with Gasteiger partial charge in [-0.05, 0) is 37.0 Å². The standard InChI is InChI=1S/C19H29N3.ClH/c1-19(2,3)18-21-16-12-15(20-4)10-11-17(16)22(18)13-14-8-6-5-7-9-14;/h10-12,14,20H,5-9,13H2,1-4H3;1H. The molecule has 3 nitrogen and oxygen atoms in total. The molecule has 0 radical (unpaired) electrons. The number of hydrogen-bond donors (Lipinski definition) is 1. The molecule has 1 aliphatic carbocycles. The van der Waals surface area contributed by atoms with Crippen molar-refractivity contribution in [3.63, 3.8) is 0 Å². The van der Waals surface area contributed by atoms with Crippen LogP contribution in [0.15, 0.2) is 18.2 Å². The zero-order valence-corrected chi connectivity index (χ0v) is 15.7. The SMILES string of the molecule is CNc1ccc2c(c1)nc(C(C)(C)C)n2CC1CCCCC1.Cl. The maximum Gasteiger partial charge on any atom is 0.115 e. The van der Waals surface area contributed by atoms with Crippen molar-refractivity contribution in [3.8, 4) is 0 Å². The van der Waals surface area contributed by atoms with Crippen LogP contribution in [0, 0.1) is 5.92 Å². The number of anilines is 1. The highest BCUT2D eigenvalue weighted by Gasteiger charge is 2.25. The third-order valence-electron chi connectivity index (χ3n) is 4.87. The van der Waals surface area contributed by atoms with Crippen LogP contribution < -0.4 is 5.32 Å². The molecule has 1 aliphatic rings. The molecule has 0 unspecified atom stereocenters. The molecule has 0 aliphatic heterocycles. The van der Waals surface area contributed by atoms with Gasteiger partial charge >= 0.3 is 0 Å². The van der Waals surface area contributed by atoms with Gasteiger partial charge in [0.15, 0.2) is 0 Å². The average molecular weight is 336 g/mol. The Morgan fingerprint density at radius 1 is 1.17 bits per heavy atom. The summed E-state index contributed by atoms with van der Waals surface area (Å²) in [4.78, 5) is 4.98. The minimum absolute atomic E-state index is 0. The molecule has 1 saturated carbocycles. The van der Waals surface area contributed by atoms with E-state index in [0.29, 0.717) is 0 Å². The summed E-state index contributed by atoms with van der Waals surface area (Å²) in [6.07, 6.45) is 6.95. The van der Waals surface area contributed by atoms with E-state index in [4.69, 9.17) is 4.98 Å². The number of aromatic nitrogens is 2. The van der Waals surface area contributed by atoms with Crippen LogP contribution in [0.25, 0.3) is 11.0 Å². The fraction of sp³-hybridized carbons (Fsp3) is 0.632. The molecule has 1 aromatic heterocycles. The Kier molecular flexibility index (Phi) is 5.61. The predicted octanol–water partition coefficient (Wildman–Crippen LogP) is 5.38. The fourth-order valence-corrected chi connectivity index (χ4v) is 3.67. The minimum Gasteiger partial charge on any atom is -0.388 e. The third-order valence-corrected chi connectivity index (χ3v) is 4.87. The van der Waals surface area contributed by atoms with Crippen molar-refractivity contribution >= 4 is 29.1 Å². The number of imidazole rings is 1. The van der Waals surface area contributed by atoms with Crippen molar-refractivity contribution in [2.75, 3.05) is 12.4 Å². The molecule has 0 atom stereocenters. The molecule has 1 aromatic carbocycles. The summed E-state index contributed by atoms with van der Waals surface area (Å²) in [5, 5.41) is 3.22. The van der Waals surface area contributed by atoms with E-state index in [2.05, 4.69) is 48.9 Å². The minimum atomic E-state index is 0. The lowest BCUT2D eigenvalue weighted by Gasteiger charge is -2.26. The number of nitrogens with zero attached hydrogens (tertiary/aromatic N) is 2. The van der Waals surface area contributed by atoms with Gasteiger partial charge in [0.25, 0.3) is 0 Å². The molecule has 128 valence electrons. The molecular formula is C19H30ClN3. The van der Waals surface area contributed by atoms with Gasteiger partial charge in [0.2, 0.25) is 0 Å². The van der Waals surface area contributed by atoms with E-state index in [1.165, 1.54) is 43.4 Å². The van der Waals surface area contributed by atoms with E-state index in [1.54, 1.807) is 0 Å². The zero-order valence-electron chi connectivity index (χ0n) is 14.9. The third kappa shape index (κ3) is 3.82. The summed E-state index contributed by atoms with van der Waals surface area (Å²) in [5.74, 6) is 2.04. The highest BCUT2D eigenvalue weighted by molar-refractivity contribution is 5.85. The quantitative estimate of drug-likeness (QED) is 0.816. The Balaban J connectivity index is 0.00000192.